The van der Waals surface area contributed by atoms with E-state index < -0.39 is 43.1 Å². The van der Waals surface area contributed by atoms with Crippen LogP contribution in [0.5, 0.6) is 0 Å². The fraction of sp³-hybridized carbons (Fsp3) is 0.211. The molecule has 2 aromatic rings. The summed E-state index contributed by atoms with van der Waals surface area (Å²) in [7, 11) is -4.21. The van der Waals surface area contributed by atoms with Crippen LogP contribution in [0, 0.1) is 16.0 Å². The van der Waals surface area contributed by atoms with Gasteiger partial charge in [0.25, 0.3) is 5.69 Å². The maximum atomic E-state index is 11.5. The molecule has 158 valence electrons. The van der Waals surface area contributed by atoms with E-state index >= 15 is 0 Å². The van der Waals surface area contributed by atoms with Crippen LogP contribution in [0.4, 0.5) is 11.4 Å². The Bertz CT molecular complexity index is 962. The van der Waals surface area contributed by atoms with Gasteiger partial charge >= 0.3 is 19.7 Å². The van der Waals surface area contributed by atoms with Crippen molar-refractivity contribution in [2.75, 3.05) is 6.16 Å². The van der Waals surface area contributed by atoms with Gasteiger partial charge in [-0.1, -0.05) is 30.3 Å². The number of hydrogen-bond donors (Lipinski definition) is 4. The third-order valence-electron chi connectivity index (χ3n) is 4.21. The number of nitro benzene ring substituents is 1. The van der Waals surface area contributed by atoms with Gasteiger partial charge in [0.15, 0.2) is 0 Å². The van der Waals surface area contributed by atoms with E-state index in [1.54, 1.807) is 18.2 Å². The van der Waals surface area contributed by atoms with E-state index in [1.807, 2.05) is 0 Å². The first-order valence-electron chi connectivity index (χ1n) is 8.78. The van der Waals surface area contributed by atoms with Crippen molar-refractivity contribution in [3.05, 3.63) is 70.3 Å². The third-order valence-corrected chi connectivity index (χ3v) is 6.19. The largest absolute Gasteiger partial charge is 0.481 e. The van der Waals surface area contributed by atoms with Crippen molar-refractivity contribution in [2.24, 2.45) is 10.9 Å². The molecule has 0 aliphatic heterocycles. The monoisotopic (exact) mass is 435 g/mol. The SMILES string of the molecule is O=C(O)CCC(C[P+](O)(O)C(=Nc1ccccc1[N+](=O)[O-])c1ccccc1)C(=O)O. The molecular weight excluding hydrogens is 415 g/mol. The zero-order valence-corrected chi connectivity index (χ0v) is 16.6. The molecule has 2 rings (SSSR count). The molecule has 0 bridgehead atoms. The quantitative estimate of drug-likeness (QED) is 0.191. The number of hydrogen-bond acceptors (Lipinski definition) is 7. The fourth-order valence-electron chi connectivity index (χ4n) is 2.75. The van der Waals surface area contributed by atoms with Gasteiger partial charge in [0.1, 0.15) is 11.8 Å². The molecule has 11 heteroatoms. The molecule has 1 unspecified atom stereocenters. The fourth-order valence-corrected chi connectivity index (χ4v) is 4.71. The molecule has 0 amide bonds. The maximum Gasteiger partial charge on any atom is 0.320 e. The van der Waals surface area contributed by atoms with Gasteiger partial charge < -0.3 is 10.2 Å². The zero-order valence-electron chi connectivity index (χ0n) is 15.7. The summed E-state index contributed by atoms with van der Waals surface area (Å²) in [6.07, 6.45) is -1.41. The normalized spacial score (nSPS) is 12.9. The molecule has 0 aromatic heterocycles. The topological polar surface area (TPSA) is 171 Å². The molecule has 0 radical (unpaired) electrons. The number of para-hydroxylation sites is 2. The number of carboxylic acid groups (broad SMARTS) is 2. The standard InChI is InChI=1S/C19H19N2O8P/c22-17(23)11-10-14(19(24)25)12-30(28,29)18(13-6-2-1-3-7-13)20-15-8-4-5-9-16(15)21(26)27/h1-9,14,28-29H,10-12H2,(H-,22,23,24,25)/p+1. The van der Waals surface area contributed by atoms with Gasteiger partial charge in [-0.15, -0.1) is 0 Å². The lowest BCUT2D eigenvalue weighted by Gasteiger charge is -2.18. The molecule has 0 aliphatic rings. The summed E-state index contributed by atoms with van der Waals surface area (Å²) in [4.78, 5) is 58.8. The van der Waals surface area contributed by atoms with Crippen molar-refractivity contribution in [1.82, 2.24) is 0 Å². The summed E-state index contributed by atoms with van der Waals surface area (Å²) >= 11 is 0. The minimum atomic E-state index is -4.21. The molecule has 1 atom stereocenters. The smallest absolute Gasteiger partial charge is 0.320 e. The molecular formula is C19H20N2O8P+. The number of aliphatic carboxylic acids is 2. The molecule has 0 saturated heterocycles. The van der Waals surface area contributed by atoms with Gasteiger partial charge in [0.05, 0.1) is 10.8 Å². The Hall–Kier alpha value is -3.20. The Morgan fingerprint density at radius 1 is 1.03 bits per heavy atom. The lowest BCUT2D eigenvalue weighted by molar-refractivity contribution is -0.384. The Labute approximate surface area is 171 Å². The van der Waals surface area contributed by atoms with Crippen molar-refractivity contribution >= 4 is 36.5 Å². The summed E-state index contributed by atoms with van der Waals surface area (Å²) in [6.45, 7) is 0. The van der Waals surface area contributed by atoms with E-state index in [2.05, 4.69) is 4.99 Å². The molecule has 4 N–H and O–H groups in total. The number of carboxylic acids is 2. The van der Waals surface area contributed by atoms with Crippen LogP contribution in [0.2, 0.25) is 0 Å². The lowest BCUT2D eigenvalue weighted by atomic mass is 10.1. The Balaban J connectivity index is 2.53. The highest BCUT2D eigenvalue weighted by atomic mass is 31.2. The molecule has 30 heavy (non-hydrogen) atoms. The molecule has 0 saturated carbocycles. The number of nitrogens with zero attached hydrogens (tertiary/aromatic N) is 2. The van der Waals surface area contributed by atoms with Gasteiger partial charge in [-0.2, -0.15) is 0 Å². The first-order valence-corrected chi connectivity index (χ1v) is 10.7. The van der Waals surface area contributed by atoms with Crippen LogP contribution in [0.1, 0.15) is 18.4 Å². The average molecular weight is 435 g/mol. The summed E-state index contributed by atoms with van der Waals surface area (Å²) in [5, 5.41) is 29.5. The first kappa shape index (κ1) is 23.1. The Morgan fingerprint density at radius 3 is 2.20 bits per heavy atom. The highest BCUT2D eigenvalue weighted by Gasteiger charge is 2.46. The van der Waals surface area contributed by atoms with Crippen molar-refractivity contribution < 1.29 is 34.5 Å². The van der Waals surface area contributed by atoms with Crippen LogP contribution < -0.4 is 0 Å². The molecule has 0 spiro atoms. The Morgan fingerprint density at radius 2 is 1.63 bits per heavy atom. The number of rotatable bonds is 10. The van der Waals surface area contributed by atoms with Gasteiger partial charge in [-0.25, -0.2) is 14.8 Å². The molecule has 2 aromatic carbocycles. The number of benzene rings is 2. The van der Waals surface area contributed by atoms with E-state index in [9.17, 15) is 34.6 Å². The lowest BCUT2D eigenvalue weighted by Crippen LogP contribution is -2.24. The molecule has 0 aliphatic carbocycles. The maximum absolute atomic E-state index is 11.5. The summed E-state index contributed by atoms with van der Waals surface area (Å²) in [6, 6.07) is 13.4. The minimum Gasteiger partial charge on any atom is -0.481 e. The second kappa shape index (κ2) is 10.0. The van der Waals surface area contributed by atoms with Crippen LogP contribution in [-0.2, 0) is 9.59 Å². The van der Waals surface area contributed by atoms with Crippen LogP contribution >= 0.6 is 7.72 Å². The number of carbonyl (C=O) groups is 2. The van der Waals surface area contributed by atoms with Gasteiger partial charge in [0, 0.05) is 18.1 Å². The van der Waals surface area contributed by atoms with Crippen LogP contribution in [0.3, 0.4) is 0 Å². The highest BCUT2D eigenvalue weighted by molar-refractivity contribution is 7.82. The number of aliphatic imine (C=N–C) groups is 1. The molecule has 0 heterocycles. The predicted octanol–water partition coefficient (Wildman–Crippen LogP) is 3.07. The first-order chi connectivity index (χ1) is 14.1. The highest BCUT2D eigenvalue weighted by Crippen LogP contribution is 2.56. The second-order valence-electron chi connectivity index (χ2n) is 6.43. The second-order valence-corrected chi connectivity index (χ2v) is 8.68. The van der Waals surface area contributed by atoms with Gasteiger partial charge in [-0.3, -0.25) is 19.7 Å². The van der Waals surface area contributed by atoms with E-state index in [0.717, 1.165) is 0 Å². The van der Waals surface area contributed by atoms with E-state index in [0.29, 0.717) is 0 Å². The summed E-state index contributed by atoms with van der Waals surface area (Å²) in [5.41, 5.74) is -0.492. The third kappa shape index (κ3) is 6.15. The predicted molar refractivity (Wildman–Crippen MR) is 110 cm³/mol. The average Bonchev–Trinajstić information content (AvgIpc) is 2.69. The van der Waals surface area contributed by atoms with Crippen molar-refractivity contribution in [2.45, 2.75) is 12.8 Å². The van der Waals surface area contributed by atoms with Gasteiger partial charge in [0.2, 0.25) is 5.45 Å². The van der Waals surface area contributed by atoms with Gasteiger partial charge in [-0.05, 0) is 24.6 Å². The molecule has 0 fully saturated rings. The van der Waals surface area contributed by atoms with E-state index in [-0.39, 0.29) is 28.8 Å². The summed E-state index contributed by atoms with van der Waals surface area (Å²) in [5.74, 6) is -3.93. The van der Waals surface area contributed by atoms with E-state index in [1.165, 1.54) is 36.4 Å². The van der Waals surface area contributed by atoms with Crippen molar-refractivity contribution in [3.63, 3.8) is 0 Å². The zero-order chi connectivity index (χ0) is 22.3. The minimum absolute atomic E-state index is 0.119. The number of nitro groups is 1. The van der Waals surface area contributed by atoms with Crippen LogP contribution in [0.15, 0.2) is 59.6 Å². The Kier molecular flexibility index (Phi) is 7.71. The van der Waals surface area contributed by atoms with Crippen molar-refractivity contribution in [1.29, 1.82) is 0 Å². The van der Waals surface area contributed by atoms with Crippen LogP contribution in [0.25, 0.3) is 0 Å². The summed E-state index contributed by atoms with van der Waals surface area (Å²) < 4.78 is 0. The van der Waals surface area contributed by atoms with Crippen LogP contribution in [-0.4, -0.2) is 48.5 Å². The van der Waals surface area contributed by atoms with Crippen molar-refractivity contribution in [3.8, 4) is 0 Å². The van der Waals surface area contributed by atoms with E-state index in [4.69, 9.17) is 5.11 Å². The molecule has 10 nitrogen and oxygen atoms in total.